The predicted octanol–water partition coefficient (Wildman–Crippen LogP) is 8.58. The van der Waals surface area contributed by atoms with Gasteiger partial charge in [-0.3, -0.25) is 0 Å². The van der Waals surface area contributed by atoms with Crippen LogP contribution in [0.2, 0.25) is 0 Å². The minimum absolute atomic E-state index is 0.777. The Hall–Kier alpha value is -0.630. The highest BCUT2D eigenvalue weighted by Crippen LogP contribution is 2.38. The van der Waals surface area contributed by atoms with Crippen molar-refractivity contribution in [2.24, 2.45) is 5.92 Å². The van der Waals surface area contributed by atoms with E-state index in [4.69, 9.17) is 4.74 Å². The van der Waals surface area contributed by atoms with E-state index in [9.17, 15) is 0 Å². The average molecular weight is 405 g/mol. The fourth-order valence-electron chi connectivity index (χ4n) is 4.59. The van der Waals surface area contributed by atoms with Crippen LogP contribution < -0.4 is 4.74 Å². The van der Waals surface area contributed by atoms with E-state index in [-0.39, 0.29) is 0 Å². The number of unbranched alkanes of at least 4 members (excludes halogenated alkanes) is 8. The Morgan fingerprint density at radius 2 is 1.43 bits per heavy atom. The van der Waals surface area contributed by atoms with Crippen LogP contribution in [0.1, 0.15) is 115 Å². The summed E-state index contributed by atoms with van der Waals surface area (Å²) in [6.45, 7) is 3.16. The van der Waals surface area contributed by atoms with Gasteiger partial charge in [0.1, 0.15) is 5.75 Å². The van der Waals surface area contributed by atoms with Crippen molar-refractivity contribution >= 4 is 12.6 Å². The second-order valence-corrected chi connectivity index (χ2v) is 9.28. The molecule has 0 atom stereocenters. The van der Waals surface area contributed by atoms with Crippen LogP contribution >= 0.6 is 12.6 Å². The smallest absolute Gasteiger partial charge is 0.119 e. The molecule has 0 N–H and O–H groups in total. The van der Waals surface area contributed by atoms with E-state index in [1.165, 1.54) is 102 Å². The summed E-state index contributed by atoms with van der Waals surface area (Å²) >= 11 is 4.26. The number of ether oxygens (including phenoxy) is 1. The van der Waals surface area contributed by atoms with E-state index in [0.29, 0.717) is 0 Å². The summed E-state index contributed by atoms with van der Waals surface area (Å²) in [5.41, 5.74) is 1.53. The molecule has 28 heavy (non-hydrogen) atoms. The molecule has 0 heterocycles. The molecule has 0 radical (unpaired) electrons. The summed E-state index contributed by atoms with van der Waals surface area (Å²) in [4.78, 5) is 0. The van der Waals surface area contributed by atoms with E-state index >= 15 is 0 Å². The van der Waals surface area contributed by atoms with Crippen molar-refractivity contribution in [2.75, 3.05) is 12.4 Å². The van der Waals surface area contributed by atoms with Crippen molar-refractivity contribution in [3.63, 3.8) is 0 Å². The van der Waals surface area contributed by atoms with Crippen LogP contribution in [0.5, 0.6) is 5.75 Å². The van der Waals surface area contributed by atoms with Crippen molar-refractivity contribution in [1.82, 2.24) is 0 Å². The van der Waals surface area contributed by atoms with Gasteiger partial charge in [-0.05, 0) is 73.8 Å². The molecule has 1 fully saturated rings. The second-order valence-electron chi connectivity index (χ2n) is 8.83. The molecule has 0 saturated heterocycles. The van der Waals surface area contributed by atoms with E-state index in [1.807, 2.05) is 0 Å². The lowest BCUT2D eigenvalue weighted by molar-refractivity contribution is 0.299. The van der Waals surface area contributed by atoms with Crippen LogP contribution in [0, 0.1) is 5.92 Å². The fraction of sp³-hybridized carbons (Fsp3) is 0.769. The van der Waals surface area contributed by atoms with Gasteiger partial charge in [0.15, 0.2) is 0 Å². The molecule has 1 aliphatic rings. The fourth-order valence-corrected chi connectivity index (χ4v) is 4.82. The molecule has 0 aliphatic heterocycles. The molecule has 1 aliphatic carbocycles. The maximum absolute atomic E-state index is 5.96. The maximum atomic E-state index is 5.96. The summed E-state index contributed by atoms with van der Waals surface area (Å²) in [7, 11) is 0. The van der Waals surface area contributed by atoms with Crippen LogP contribution in [0.3, 0.4) is 0 Å². The van der Waals surface area contributed by atoms with Crippen LogP contribution in [0.15, 0.2) is 24.3 Å². The predicted molar refractivity (Wildman–Crippen MR) is 127 cm³/mol. The molecular weight excluding hydrogens is 360 g/mol. The van der Waals surface area contributed by atoms with Gasteiger partial charge in [-0.2, -0.15) is 12.6 Å². The Balaban J connectivity index is 1.55. The van der Waals surface area contributed by atoms with Crippen molar-refractivity contribution < 1.29 is 4.74 Å². The van der Waals surface area contributed by atoms with Crippen molar-refractivity contribution in [2.45, 2.75) is 109 Å². The lowest BCUT2D eigenvalue weighted by Gasteiger charge is -2.29. The zero-order valence-corrected chi connectivity index (χ0v) is 19.2. The largest absolute Gasteiger partial charge is 0.494 e. The van der Waals surface area contributed by atoms with E-state index < -0.39 is 0 Å². The van der Waals surface area contributed by atoms with Crippen LogP contribution in [0.4, 0.5) is 0 Å². The van der Waals surface area contributed by atoms with Gasteiger partial charge in [0.2, 0.25) is 0 Å². The Morgan fingerprint density at radius 3 is 2.07 bits per heavy atom. The highest BCUT2D eigenvalue weighted by molar-refractivity contribution is 7.80. The lowest BCUT2D eigenvalue weighted by atomic mass is 9.77. The van der Waals surface area contributed by atoms with E-state index in [1.54, 1.807) is 0 Å². The molecular formula is C26H44OS. The average Bonchev–Trinajstić information content (AvgIpc) is 2.74. The Bertz CT molecular complexity index is 476. The Kier molecular flexibility index (Phi) is 12.9. The minimum atomic E-state index is 0.777. The van der Waals surface area contributed by atoms with Gasteiger partial charge in [-0.25, -0.2) is 0 Å². The third-order valence-corrected chi connectivity index (χ3v) is 6.80. The maximum Gasteiger partial charge on any atom is 0.119 e. The molecule has 0 spiro atoms. The molecule has 0 amide bonds. The number of benzene rings is 1. The highest BCUT2D eigenvalue weighted by Gasteiger charge is 2.21. The summed E-state index contributed by atoms with van der Waals surface area (Å²) in [6, 6.07) is 9.03. The van der Waals surface area contributed by atoms with Gasteiger partial charge in [0.25, 0.3) is 0 Å². The monoisotopic (exact) mass is 404 g/mol. The topological polar surface area (TPSA) is 9.23 Å². The molecule has 0 unspecified atom stereocenters. The number of hydrogen-bond donors (Lipinski definition) is 1. The summed E-state index contributed by atoms with van der Waals surface area (Å²) in [5.74, 6) is 3.85. The van der Waals surface area contributed by atoms with Crippen molar-refractivity contribution in [3.05, 3.63) is 29.8 Å². The summed E-state index contributed by atoms with van der Waals surface area (Å²) in [5, 5.41) is 0. The van der Waals surface area contributed by atoms with Crippen molar-refractivity contribution in [1.29, 1.82) is 0 Å². The first-order valence-corrected chi connectivity index (χ1v) is 12.8. The molecule has 1 aromatic carbocycles. The van der Waals surface area contributed by atoms with Crippen LogP contribution in [-0.2, 0) is 0 Å². The summed E-state index contributed by atoms with van der Waals surface area (Å²) < 4.78 is 5.96. The SMILES string of the molecule is CCCCCC1CCC(c2ccc(OCCCCCCCCCS)cc2)CC1. The first kappa shape index (κ1) is 23.6. The number of rotatable bonds is 15. The molecule has 0 bridgehead atoms. The Labute approximate surface area is 180 Å². The molecule has 1 saturated carbocycles. The molecule has 2 rings (SSSR count). The third kappa shape index (κ3) is 9.72. The van der Waals surface area contributed by atoms with Crippen LogP contribution in [-0.4, -0.2) is 12.4 Å². The van der Waals surface area contributed by atoms with Gasteiger partial charge in [-0.1, -0.05) is 76.8 Å². The van der Waals surface area contributed by atoms with Gasteiger partial charge in [0.05, 0.1) is 6.61 Å². The zero-order valence-electron chi connectivity index (χ0n) is 18.3. The van der Waals surface area contributed by atoms with Gasteiger partial charge in [0, 0.05) is 0 Å². The molecule has 1 aromatic rings. The minimum Gasteiger partial charge on any atom is -0.494 e. The number of thiol groups is 1. The molecule has 0 aromatic heterocycles. The molecule has 160 valence electrons. The molecule has 2 heteroatoms. The van der Waals surface area contributed by atoms with E-state index in [0.717, 1.165) is 29.9 Å². The zero-order chi connectivity index (χ0) is 19.9. The normalized spacial score (nSPS) is 19.6. The third-order valence-electron chi connectivity index (χ3n) is 6.49. The number of hydrogen-bond acceptors (Lipinski definition) is 2. The Morgan fingerprint density at radius 1 is 0.786 bits per heavy atom. The van der Waals surface area contributed by atoms with Gasteiger partial charge >= 0.3 is 0 Å². The lowest BCUT2D eigenvalue weighted by Crippen LogP contribution is -2.13. The molecule has 1 nitrogen and oxygen atoms in total. The van der Waals surface area contributed by atoms with Crippen molar-refractivity contribution in [3.8, 4) is 5.75 Å². The standard InChI is InChI=1S/C26H44OS/c1-2-3-9-12-23-13-15-24(16-14-23)25-17-19-26(20-18-25)27-21-10-7-5-4-6-8-11-22-28/h17-20,23-24,28H,2-16,21-22H2,1H3. The highest BCUT2D eigenvalue weighted by atomic mass is 32.1. The van der Waals surface area contributed by atoms with Crippen LogP contribution in [0.25, 0.3) is 0 Å². The first-order chi connectivity index (χ1) is 13.8. The quantitative estimate of drug-likeness (QED) is 0.227. The van der Waals surface area contributed by atoms with E-state index in [2.05, 4.69) is 43.8 Å². The van der Waals surface area contributed by atoms with Gasteiger partial charge < -0.3 is 4.74 Å². The second kappa shape index (κ2) is 15.2. The summed E-state index contributed by atoms with van der Waals surface area (Å²) in [6.07, 6.45) is 20.4. The first-order valence-electron chi connectivity index (χ1n) is 12.2. The van der Waals surface area contributed by atoms with Gasteiger partial charge in [-0.15, -0.1) is 0 Å².